The van der Waals surface area contributed by atoms with Crippen molar-refractivity contribution in [3.63, 3.8) is 0 Å². The predicted molar refractivity (Wildman–Crippen MR) is 91.7 cm³/mol. The first-order valence-electron chi connectivity index (χ1n) is 8.51. The smallest absolute Gasteiger partial charge is 0.308 e. The van der Waals surface area contributed by atoms with Crippen LogP contribution in [0, 0.1) is 0 Å². The molecule has 0 bridgehead atoms. The van der Waals surface area contributed by atoms with Gasteiger partial charge in [-0.05, 0) is 19.1 Å². The predicted octanol–water partition coefficient (Wildman–Crippen LogP) is 2.44. The highest BCUT2D eigenvalue weighted by Gasteiger charge is 2.31. The summed E-state index contributed by atoms with van der Waals surface area (Å²) >= 11 is 0. The molecule has 26 heavy (non-hydrogen) atoms. The molecule has 1 amide bonds. The number of rotatable bonds is 6. The summed E-state index contributed by atoms with van der Waals surface area (Å²) in [6, 6.07) is 7.24. The van der Waals surface area contributed by atoms with E-state index in [1.807, 2.05) is 26.0 Å². The van der Waals surface area contributed by atoms with Crippen molar-refractivity contribution in [3.05, 3.63) is 36.0 Å². The molecule has 0 fully saturated rings. The summed E-state index contributed by atoms with van der Waals surface area (Å²) in [5, 5.41) is 3.81. The number of aromatic nitrogens is 2. The van der Waals surface area contributed by atoms with E-state index in [-0.39, 0.29) is 37.3 Å². The molecule has 0 N–H and O–H groups in total. The Kier molecular flexibility index (Phi) is 5.20. The number of anilines is 1. The first-order chi connectivity index (χ1) is 12.5. The normalized spacial score (nSPS) is 16.4. The molecule has 1 unspecified atom stereocenters. The van der Waals surface area contributed by atoms with Gasteiger partial charge in [0.2, 0.25) is 0 Å². The quantitative estimate of drug-likeness (QED) is 0.731. The lowest BCUT2D eigenvalue weighted by molar-refractivity contribution is -0.145. The SMILES string of the molecule is CC1Oc2ccccc2N(CCC(=O)OCc2nc(C(C)C)no2)C1=O. The highest BCUT2D eigenvalue weighted by Crippen LogP contribution is 2.33. The van der Waals surface area contributed by atoms with E-state index in [0.717, 1.165) is 0 Å². The summed E-state index contributed by atoms with van der Waals surface area (Å²) in [4.78, 5) is 30.1. The number of carbonyl (C=O) groups is 2. The average molecular weight is 359 g/mol. The molecule has 0 saturated heterocycles. The Morgan fingerprint density at radius 2 is 2.12 bits per heavy atom. The number of hydrogen-bond donors (Lipinski definition) is 0. The van der Waals surface area contributed by atoms with Crippen LogP contribution in [-0.2, 0) is 20.9 Å². The van der Waals surface area contributed by atoms with Crippen LogP contribution < -0.4 is 9.64 Å². The number of para-hydroxylation sites is 2. The number of esters is 1. The standard InChI is InChI=1S/C18H21N3O5/c1-11(2)17-19-15(26-20-17)10-24-16(22)8-9-21-13-6-4-5-7-14(13)25-12(3)18(21)23/h4-7,11-12H,8-10H2,1-3H3. The number of amides is 1. The molecule has 8 nitrogen and oxygen atoms in total. The van der Waals surface area contributed by atoms with Gasteiger partial charge in [-0.3, -0.25) is 9.59 Å². The van der Waals surface area contributed by atoms with E-state index in [1.54, 1.807) is 24.0 Å². The van der Waals surface area contributed by atoms with Crippen molar-refractivity contribution >= 4 is 17.6 Å². The van der Waals surface area contributed by atoms with E-state index >= 15 is 0 Å². The first kappa shape index (κ1) is 17.9. The summed E-state index contributed by atoms with van der Waals surface area (Å²) in [6.07, 6.45) is -0.536. The molecule has 0 saturated carbocycles. The number of benzene rings is 1. The molecule has 0 radical (unpaired) electrons. The molecule has 8 heteroatoms. The van der Waals surface area contributed by atoms with Gasteiger partial charge in [0.15, 0.2) is 18.5 Å². The van der Waals surface area contributed by atoms with Gasteiger partial charge in [-0.25, -0.2) is 0 Å². The third-order valence-corrected chi connectivity index (χ3v) is 3.97. The van der Waals surface area contributed by atoms with Crippen LogP contribution in [0.5, 0.6) is 5.75 Å². The molecule has 2 heterocycles. The highest BCUT2D eigenvalue weighted by molar-refractivity contribution is 6.00. The largest absolute Gasteiger partial charge is 0.479 e. The van der Waals surface area contributed by atoms with Gasteiger partial charge in [-0.15, -0.1) is 0 Å². The van der Waals surface area contributed by atoms with Gasteiger partial charge < -0.3 is 18.9 Å². The zero-order valence-corrected chi connectivity index (χ0v) is 15.0. The second-order valence-corrected chi connectivity index (χ2v) is 6.33. The van der Waals surface area contributed by atoms with Gasteiger partial charge in [0.25, 0.3) is 11.8 Å². The lowest BCUT2D eigenvalue weighted by atomic mass is 10.2. The Morgan fingerprint density at radius 3 is 2.85 bits per heavy atom. The molecule has 0 spiro atoms. The summed E-state index contributed by atoms with van der Waals surface area (Å²) in [5.41, 5.74) is 0.655. The molecule has 0 aliphatic carbocycles. The minimum absolute atomic E-state index is 0.0535. The molecular weight excluding hydrogens is 338 g/mol. The highest BCUT2D eigenvalue weighted by atomic mass is 16.6. The molecule has 2 aromatic rings. The van der Waals surface area contributed by atoms with E-state index < -0.39 is 12.1 Å². The average Bonchev–Trinajstić information content (AvgIpc) is 3.10. The van der Waals surface area contributed by atoms with Crippen LogP contribution in [0.3, 0.4) is 0 Å². The van der Waals surface area contributed by atoms with Gasteiger partial charge in [-0.1, -0.05) is 31.1 Å². The molecule has 1 aromatic heterocycles. The number of hydrogen-bond acceptors (Lipinski definition) is 7. The van der Waals surface area contributed by atoms with E-state index in [4.69, 9.17) is 14.0 Å². The Morgan fingerprint density at radius 1 is 1.35 bits per heavy atom. The van der Waals surface area contributed by atoms with E-state index in [2.05, 4.69) is 10.1 Å². The number of ether oxygens (including phenoxy) is 2. The third kappa shape index (κ3) is 3.84. The maximum absolute atomic E-state index is 12.4. The van der Waals surface area contributed by atoms with Crippen LogP contribution in [0.4, 0.5) is 5.69 Å². The van der Waals surface area contributed by atoms with Gasteiger partial charge in [-0.2, -0.15) is 4.98 Å². The van der Waals surface area contributed by atoms with Gasteiger partial charge in [0.1, 0.15) is 5.75 Å². The lowest BCUT2D eigenvalue weighted by Crippen LogP contribution is -2.45. The van der Waals surface area contributed by atoms with Gasteiger partial charge >= 0.3 is 5.97 Å². The minimum atomic E-state index is -0.589. The Labute approximate surface area is 151 Å². The van der Waals surface area contributed by atoms with E-state index in [9.17, 15) is 9.59 Å². The molecule has 1 aliphatic heterocycles. The van der Waals surface area contributed by atoms with Crippen LogP contribution in [-0.4, -0.2) is 34.7 Å². The van der Waals surface area contributed by atoms with Crippen LogP contribution in [0.1, 0.15) is 44.8 Å². The first-order valence-corrected chi connectivity index (χ1v) is 8.51. The zero-order valence-electron chi connectivity index (χ0n) is 15.0. The number of nitrogens with zero attached hydrogens (tertiary/aromatic N) is 3. The molecular formula is C18H21N3O5. The molecule has 1 atom stereocenters. The fourth-order valence-corrected chi connectivity index (χ4v) is 2.57. The second kappa shape index (κ2) is 7.55. The van der Waals surface area contributed by atoms with Crippen molar-refractivity contribution in [2.45, 2.75) is 45.8 Å². The second-order valence-electron chi connectivity index (χ2n) is 6.33. The summed E-state index contributed by atoms with van der Waals surface area (Å²) in [7, 11) is 0. The number of carbonyl (C=O) groups excluding carboxylic acids is 2. The maximum atomic E-state index is 12.4. The Balaban J connectivity index is 1.56. The van der Waals surface area contributed by atoms with Crippen molar-refractivity contribution in [3.8, 4) is 5.75 Å². The monoisotopic (exact) mass is 359 g/mol. The third-order valence-electron chi connectivity index (χ3n) is 3.97. The fourth-order valence-electron chi connectivity index (χ4n) is 2.57. The van der Waals surface area contributed by atoms with Crippen molar-refractivity contribution in [2.24, 2.45) is 0 Å². The topological polar surface area (TPSA) is 94.8 Å². The van der Waals surface area contributed by atoms with Crippen molar-refractivity contribution in [1.29, 1.82) is 0 Å². The molecule has 1 aromatic carbocycles. The van der Waals surface area contributed by atoms with Crippen molar-refractivity contribution in [1.82, 2.24) is 10.1 Å². The summed E-state index contributed by atoms with van der Waals surface area (Å²) in [5.74, 6) is 0.954. The minimum Gasteiger partial charge on any atom is -0.479 e. The van der Waals surface area contributed by atoms with Gasteiger partial charge in [0, 0.05) is 12.5 Å². The van der Waals surface area contributed by atoms with E-state index in [0.29, 0.717) is 17.3 Å². The fraction of sp³-hybridized carbons (Fsp3) is 0.444. The molecule has 1 aliphatic rings. The van der Waals surface area contributed by atoms with Gasteiger partial charge in [0.05, 0.1) is 12.1 Å². The van der Waals surface area contributed by atoms with E-state index in [1.165, 1.54) is 0 Å². The lowest BCUT2D eigenvalue weighted by Gasteiger charge is -2.32. The van der Waals surface area contributed by atoms with Crippen LogP contribution in [0.15, 0.2) is 28.8 Å². The van der Waals surface area contributed by atoms with Crippen molar-refractivity contribution in [2.75, 3.05) is 11.4 Å². The Bertz CT molecular complexity index is 802. The Hall–Kier alpha value is -2.90. The zero-order chi connectivity index (χ0) is 18.7. The molecule has 138 valence electrons. The maximum Gasteiger partial charge on any atom is 0.308 e. The van der Waals surface area contributed by atoms with Crippen LogP contribution in [0.2, 0.25) is 0 Å². The summed E-state index contributed by atoms with van der Waals surface area (Å²) in [6.45, 7) is 5.70. The van der Waals surface area contributed by atoms with Crippen LogP contribution in [0.25, 0.3) is 0 Å². The number of fused-ring (bicyclic) bond motifs is 1. The van der Waals surface area contributed by atoms with Crippen LogP contribution >= 0.6 is 0 Å². The summed E-state index contributed by atoms with van der Waals surface area (Å²) < 4.78 is 15.8. The van der Waals surface area contributed by atoms with Crippen molar-refractivity contribution < 1.29 is 23.6 Å². The molecule has 3 rings (SSSR count).